The predicted octanol–water partition coefficient (Wildman–Crippen LogP) is 4.23. The summed E-state index contributed by atoms with van der Waals surface area (Å²) in [7, 11) is 0. The van der Waals surface area contributed by atoms with Crippen LogP contribution in [0.2, 0.25) is 0 Å². The lowest BCUT2D eigenvalue weighted by atomic mass is 10.0. The summed E-state index contributed by atoms with van der Waals surface area (Å²) in [6.45, 7) is 7.51. The highest BCUT2D eigenvalue weighted by molar-refractivity contribution is 9.10. The van der Waals surface area contributed by atoms with Crippen molar-refractivity contribution in [2.75, 3.05) is 0 Å². The average molecular weight is 419 g/mol. The summed E-state index contributed by atoms with van der Waals surface area (Å²) in [6.07, 6.45) is 3.32. The van der Waals surface area contributed by atoms with Crippen LogP contribution in [0.25, 0.3) is 11.4 Å². The molecule has 0 saturated heterocycles. The molecule has 7 nitrogen and oxygen atoms in total. The van der Waals surface area contributed by atoms with E-state index in [1.165, 1.54) is 0 Å². The number of furan rings is 1. The van der Waals surface area contributed by atoms with Crippen molar-refractivity contribution in [3.05, 3.63) is 52.0 Å². The molecule has 26 heavy (non-hydrogen) atoms. The van der Waals surface area contributed by atoms with E-state index >= 15 is 0 Å². The summed E-state index contributed by atoms with van der Waals surface area (Å²) < 4.78 is 11.6. The molecule has 0 aliphatic heterocycles. The zero-order chi connectivity index (χ0) is 18.8. The van der Waals surface area contributed by atoms with E-state index < -0.39 is 6.04 Å². The largest absolute Gasteiger partial charge is 0.465 e. The van der Waals surface area contributed by atoms with E-state index in [4.69, 9.17) is 8.94 Å². The van der Waals surface area contributed by atoms with Gasteiger partial charge in [-0.2, -0.15) is 4.98 Å². The number of carbonyl (C=O) groups is 1. The molecule has 8 heteroatoms. The van der Waals surface area contributed by atoms with Gasteiger partial charge in [-0.3, -0.25) is 9.78 Å². The van der Waals surface area contributed by atoms with Gasteiger partial charge in [0.1, 0.15) is 17.6 Å². The Labute approximate surface area is 159 Å². The Balaban J connectivity index is 1.86. The van der Waals surface area contributed by atoms with Crippen molar-refractivity contribution >= 4 is 21.8 Å². The van der Waals surface area contributed by atoms with Crippen molar-refractivity contribution in [2.45, 2.75) is 33.7 Å². The fourth-order valence-electron chi connectivity index (χ4n) is 2.62. The third-order valence-electron chi connectivity index (χ3n) is 4.01. The molecule has 1 atom stereocenters. The summed E-state index contributed by atoms with van der Waals surface area (Å²) in [5.74, 6) is 1.82. The smallest absolute Gasteiger partial charge is 0.256 e. The lowest BCUT2D eigenvalue weighted by Crippen LogP contribution is -2.32. The molecular weight excluding hydrogens is 400 g/mol. The van der Waals surface area contributed by atoms with Crippen LogP contribution in [0.5, 0.6) is 0 Å². The number of halogens is 1. The summed E-state index contributed by atoms with van der Waals surface area (Å²) >= 11 is 3.41. The molecule has 3 aromatic rings. The molecule has 0 spiro atoms. The monoisotopic (exact) mass is 418 g/mol. The van der Waals surface area contributed by atoms with Gasteiger partial charge in [0.25, 0.3) is 5.91 Å². The Hall–Kier alpha value is -2.48. The van der Waals surface area contributed by atoms with Crippen LogP contribution in [0.3, 0.4) is 0 Å². The van der Waals surface area contributed by atoms with Crippen molar-refractivity contribution in [3.8, 4) is 11.4 Å². The molecule has 0 radical (unpaired) electrons. The summed E-state index contributed by atoms with van der Waals surface area (Å²) in [5, 5.41) is 6.99. The second kappa shape index (κ2) is 7.41. The Kier molecular flexibility index (Phi) is 5.22. The maximum atomic E-state index is 12.8. The van der Waals surface area contributed by atoms with Gasteiger partial charge < -0.3 is 14.3 Å². The van der Waals surface area contributed by atoms with E-state index in [1.54, 1.807) is 38.4 Å². The van der Waals surface area contributed by atoms with Gasteiger partial charge in [0.15, 0.2) is 0 Å². The van der Waals surface area contributed by atoms with Gasteiger partial charge in [-0.1, -0.05) is 19.0 Å². The maximum absolute atomic E-state index is 12.8. The molecule has 1 N–H and O–H groups in total. The maximum Gasteiger partial charge on any atom is 0.256 e. The molecule has 3 heterocycles. The fraction of sp³-hybridized carbons (Fsp3) is 0.333. The number of aromatic nitrogens is 3. The van der Waals surface area contributed by atoms with Crippen LogP contribution < -0.4 is 5.32 Å². The zero-order valence-corrected chi connectivity index (χ0v) is 16.5. The van der Waals surface area contributed by atoms with Gasteiger partial charge in [0.05, 0.1) is 10.0 Å². The topological polar surface area (TPSA) is 94.1 Å². The predicted molar refractivity (Wildman–Crippen MR) is 98.5 cm³/mol. The highest BCUT2D eigenvalue weighted by Crippen LogP contribution is 2.29. The molecule has 3 aromatic heterocycles. The third-order valence-corrected chi connectivity index (χ3v) is 4.97. The lowest BCUT2D eigenvalue weighted by molar-refractivity contribution is 0.0911. The van der Waals surface area contributed by atoms with Gasteiger partial charge in [-0.25, -0.2) is 0 Å². The number of rotatable bonds is 5. The van der Waals surface area contributed by atoms with Crippen LogP contribution in [-0.4, -0.2) is 21.0 Å². The average Bonchev–Trinajstić information content (AvgIpc) is 3.18. The normalized spacial score (nSPS) is 12.4. The van der Waals surface area contributed by atoms with Gasteiger partial charge >= 0.3 is 0 Å². The first-order chi connectivity index (χ1) is 12.4. The molecule has 0 saturated carbocycles. The van der Waals surface area contributed by atoms with Crippen LogP contribution in [0.4, 0.5) is 0 Å². The minimum absolute atomic E-state index is 0.0526. The number of amides is 1. The number of hydrogen-bond donors (Lipinski definition) is 1. The van der Waals surface area contributed by atoms with Gasteiger partial charge in [0.2, 0.25) is 11.7 Å². The Morgan fingerprint density at radius 1 is 1.19 bits per heavy atom. The first kappa shape index (κ1) is 18.3. The number of aryl methyl sites for hydroxylation is 2. The van der Waals surface area contributed by atoms with Crippen molar-refractivity contribution in [2.24, 2.45) is 5.92 Å². The molecule has 0 aromatic carbocycles. The van der Waals surface area contributed by atoms with Crippen molar-refractivity contribution in [1.29, 1.82) is 0 Å². The third kappa shape index (κ3) is 3.55. The molecular formula is C18H19BrN4O3. The van der Waals surface area contributed by atoms with Gasteiger partial charge in [0, 0.05) is 18.0 Å². The van der Waals surface area contributed by atoms with E-state index in [0.717, 1.165) is 5.56 Å². The van der Waals surface area contributed by atoms with Crippen LogP contribution in [0, 0.1) is 19.8 Å². The van der Waals surface area contributed by atoms with Crippen LogP contribution in [0.15, 0.2) is 37.9 Å². The molecule has 136 valence electrons. The Morgan fingerprint density at radius 2 is 1.88 bits per heavy atom. The number of carbonyl (C=O) groups excluding carboxylic acids is 1. The molecule has 0 aliphatic carbocycles. The second-order valence-electron chi connectivity index (χ2n) is 6.29. The highest BCUT2D eigenvalue weighted by atomic mass is 79.9. The molecule has 0 fully saturated rings. The first-order valence-electron chi connectivity index (χ1n) is 8.18. The fourth-order valence-corrected chi connectivity index (χ4v) is 3.16. The minimum Gasteiger partial charge on any atom is -0.465 e. The Morgan fingerprint density at radius 3 is 2.46 bits per heavy atom. The van der Waals surface area contributed by atoms with Crippen molar-refractivity contribution < 1.29 is 13.7 Å². The number of hydrogen-bond acceptors (Lipinski definition) is 6. The quantitative estimate of drug-likeness (QED) is 0.665. The summed E-state index contributed by atoms with van der Waals surface area (Å²) in [5.41, 5.74) is 1.27. The van der Waals surface area contributed by atoms with E-state index in [2.05, 4.69) is 36.4 Å². The summed E-state index contributed by atoms with van der Waals surface area (Å²) in [6, 6.07) is 3.17. The number of nitrogens with one attached hydrogen (secondary N) is 1. The molecule has 1 unspecified atom stereocenters. The standard InChI is InChI=1S/C18H19BrN4O3/c1-9(2)15(21-17(24)13-10(3)25-11(4)14(13)19)18-22-16(23-26-18)12-5-7-20-8-6-12/h5-9,15H,1-4H3,(H,21,24). The number of pyridine rings is 1. The second-order valence-corrected chi connectivity index (χ2v) is 7.08. The number of nitrogens with zero attached hydrogens (tertiary/aromatic N) is 3. The molecule has 0 bridgehead atoms. The van der Waals surface area contributed by atoms with E-state index in [9.17, 15) is 4.79 Å². The van der Waals surface area contributed by atoms with E-state index in [-0.39, 0.29) is 11.8 Å². The Bertz CT molecular complexity index is 918. The van der Waals surface area contributed by atoms with E-state index in [0.29, 0.717) is 33.3 Å². The zero-order valence-electron chi connectivity index (χ0n) is 14.9. The van der Waals surface area contributed by atoms with Crippen LogP contribution >= 0.6 is 15.9 Å². The van der Waals surface area contributed by atoms with Gasteiger partial charge in [-0.05, 0) is 47.8 Å². The molecule has 1 amide bonds. The van der Waals surface area contributed by atoms with Crippen LogP contribution in [-0.2, 0) is 0 Å². The van der Waals surface area contributed by atoms with Crippen molar-refractivity contribution in [3.63, 3.8) is 0 Å². The molecule has 3 rings (SSSR count). The van der Waals surface area contributed by atoms with Crippen molar-refractivity contribution in [1.82, 2.24) is 20.4 Å². The highest BCUT2D eigenvalue weighted by Gasteiger charge is 2.28. The minimum atomic E-state index is -0.424. The SMILES string of the molecule is Cc1oc(C)c(C(=O)NC(c2nc(-c3ccncc3)no2)C(C)C)c1Br. The summed E-state index contributed by atoms with van der Waals surface area (Å²) in [4.78, 5) is 21.2. The van der Waals surface area contributed by atoms with E-state index in [1.807, 2.05) is 13.8 Å². The van der Waals surface area contributed by atoms with Gasteiger partial charge in [-0.15, -0.1) is 0 Å². The van der Waals surface area contributed by atoms with Crippen LogP contribution in [0.1, 0.15) is 47.7 Å². The first-order valence-corrected chi connectivity index (χ1v) is 8.98. The lowest BCUT2D eigenvalue weighted by Gasteiger charge is -2.18. The molecule has 0 aliphatic rings.